The summed E-state index contributed by atoms with van der Waals surface area (Å²) in [7, 11) is 1.38. The number of rotatable bonds is 6. The summed E-state index contributed by atoms with van der Waals surface area (Å²) in [5.41, 5.74) is 4.64. The second-order valence-corrected chi connectivity index (χ2v) is 4.61. The average molecular weight is 289 g/mol. The summed E-state index contributed by atoms with van der Waals surface area (Å²) in [4.78, 5) is 19.6. The van der Waals surface area contributed by atoms with Crippen LogP contribution in [0.5, 0.6) is 0 Å². The number of hydrogen-bond donors (Lipinski definition) is 1. The lowest BCUT2D eigenvalue weighted by atomic mass is 10.2. The number of esters is 1. The molecule has 0 bridgehead atoms. The molecule has 0 aromatic carbocycles. The fourth-order valence-electron chi connectivity index (χ4n) is 1.88. The number of carbonyl (C=O) groups is 1. The van der Waals surface area contributed by atoms with Crippen molar-refractivity contribution in [2.45, 2.75) is 25.4 Å². The second-order valence-electron chi connectivity index (χ2n) is 4.61. The Morgan fingerprint density at radius 3 is 2.81 bits per heavy atom. The first-order chi connectivity index (χ1) is 10.2. The Hall–Kier alpha value is -2.41. The number of aromatic nitrogens is 4. The monoisotopic (exact) mass is 289 g/mol. The summed E-state index contributed by atoms with van der Waals surface area (Å²) >= 11 is 0. The minimum atomic E-state index is -0.326. The van der Waals surface area contributed by atoms with E-state index in [1.54, 1.807) is 24.7 Å². The third-order valence-electron chi connectivity index (χ3n) is 3.07. The Kier molecular flexibility index (Phi) is 5.28. The van der Waals surface area contributed by atoms with Crippen LogP contribution < -0.4 is 10.4 Å². The molecule has 7 heteroatoms. The van der Waals surface area contributed by atoms with Gasteiger partial charge < -0.3 is 10.5 Å². The number of hydrogen-bond acceptors (Lipinski definition) is 5. The van der Waals surface area contributed by atoms with Gasteiger partial charge in [0.1, 0.15) is 6.20 Å². The third kappa shape index (κ3) is 4.28. The standard InChI is InChI=1S/C14H18N5O2/c1-21-14(20)12(15)4-2-8-19-9-5-11(10-18-19)13-16-6-3-7-17-13/h3,5-7,9-10,12H,2,4,8,15H2,1H3/q+1/p+1. The van der Waals surface area contributed by atoms with Crippen molar-refractivity contribution in [3.8, 4) is 11.4 Å². The lowest BCUT2D eigenvalue weighted by molar-refractivity contribution is -0.754. The van der Waals surface area contributed by atoms with Crippen LogP contribution in [0, 0.1) is 0 Å². The van der Waals surface area contributed by atoms with E-state index in [4.69, 9.17) is 0 Å². The Morgan fingerprint density at radius 1 is 1.43 bits per heavy atom. The summed E-state index contributed by atoms with van der Waals surface area (Å²) in [6.45, 7) is 0.721. The highest BCUT2D eigenvalue weighted by atomic mass is 16.5. The van der Waals surface area contributed by atoms with Gasteiger partial charge >= 0.3 is 5.97 Å². The van der Waals surface area contributed by atoms with Gasteiger partial charge in [0.25, 0.3) is 0 Å². The molecule has 0 amide bonds. The van der Waals surface area contributed by atoms with E-state index in [0.29, 0.717) is 12.2 Å². The van der Waals surface area contributed by atoms with Gasteiger partial charge in [0.2, 0.25) is 0 Å². The van der Waals surface area contributed by atoms with Crippen molar-refractivity contribution in [3.63, 3.8) is 0 Å². The molecule has 0 fully saturated rings. The fourth-order valence-corrected chi connectivity index (χ4v) is 1.88. The predicted octanol–water partition coefficient (Wildman–Crippen LogP) is -0.610. The molecule has 110 valence electrons. The highest BCUT2D eigenvalue weighted by molar-refractivity contribution is 5.73. The average Bonchev–Trinajstić information content (AvgIpc) is 2.55. The number of aryl methyl sites for hydroxylation is 1. The third-order valence-corrected chi connectivity index (χ3v) is 3.07. The van der Waals surface area contributed by atoms with E-state index < -0.39 is 0 Å². The summed E-state index contributed by atoms with van der Waals surface area (Å²) in [6, 6.07) is 3.37. The molecule has 21 heavy (non-hydrogen) atoms. The van der Waals surface area contributed by atoms with Gasteiger partial charge in [0.05, 0.1) is 7.11 Å². The first-order valence-corrected chi connectivity index (χ1v) is 6.75. The second kappa shape index (κ2) is 7.39. The van der Waals surface area contributed by atoms with E-state index in [0.717, 1.165) is 18.5 Å². The zero-order valence-electron chi connectivity index (χ0n) is 12.0. The SMILES string of the molecule is COC(=O)C([NH3+])CCC[n+]1ccc(-c2ncccn2)cn1. The number of nitrogens with zero attached hydrogens (tertiary/aromatic N) is 4. The Balaban J connectivity index is 1.87. The Bertz CT molecular complexity index is 574. The van der Waals surface area contributed by atoms with Crippen LogP contribution in [0.1, 0.15) is 12.8 Å². The van der Waals surface area contributed by atoms with E-state index in [1.165, 1.54) is 7.11 Å². The van der Waals surface area contributed by atoms with Crippen LogP contribution in [0.4, 0.5) is 0 Å². The van der Waals surface area contributed by atoms with E-state index >= 15 is 0 Å². The van der Waals surface area contributed by atoms with Crippen molar-refractivity contribution in [1.29, 1.82) is 0 Å². The lowest BCUT2D eigenvalue weighted by Gasteiger charge is -2.03. The minimum Gasteiger partial charge on any atom is -0.465 e. The van der Waals surface area contributed by atoms with Gasteiger partial charge in [-0.25, -0.2) is 14.8 Å². The highest BCUT2D eigenvalue weighted by Crippen LogP contribution is 2.09. The smallest absolute Gasteiger partial charge is 0.364 e. The summed E-state index contributed by atoms with van der Waals surface area (Å²) in [5.74, 6) is 0.380. The van der Waals surface area contributed by atoms with E-state index in [1.807, 2.05) is 16.9 Å². The molecule has 7 nitrogen and oxygen atoms in total. The van der Waals surface area contributed by atoms with Gasteiger partial charge in [-0.05, 0) is 11.2 Å². The largest absolute Gasteiger partial charge is 0.465 e. The zero-order valence-corrected chi connectivity index (χ0v) is 12.0. The molecule has 0 saturated heterocycles. The first-order valence-electron chi connectivity index (χ1n) is 6.75. The summed E-state index contributed by atoms with van der Waals surface area (Å²) < 4.78 is 6.46. The van der Waals surface area contributed by atoms with Crippen LogP contribution >= 0.6 is 0 Å². The molecule has 1 unspecified atom stereocenters. The minimum absolute atomic E-state index is 0.274. The van der Waals surface area contributed by atoms with Crippen LogP contribution in [0.3, 0.4) is 0 Å². The van der Waals surface area contributed by atoms with Crippen LogP contribution in [0.15, 0.2) is 36.9 Å². The molecule has 2 aromatic heterocycles. The molecule has 0 saturated carbocycles. The molecule has 2 aromatic rings. The Labute approximate surface area is 122 Å². The molecule has 0 aliphatic rings. The van der Waals surface area contributed by atoms with E-state index in [2.05, 4.69) is 25.5 Å². The van der Waals surface area contributed by atoms with E-state index in [-0.39, 0.29) is 12.0 Å². The molecule has 0 radical (unpaired) electrons. The molecule has 0 aliphatic heterocycles. The maximum atomic E-state index is 11.2. The van der Waals surface area contributed by atoms with E-state index in [9.17, 15) is 4.79 Å². The number of ether oxygens (including phenoxy) is 1. The van der Waals surface area contributed by atoms with Gasteiger partial charge in [-0.15, -0.1) is 0 Å². The quantitative estimate of drug-likeness (QED) is 0.565. The molecule has 2 rings (SSSR count). The van der Waals surface area contributed by atoms with Crippen LogP contribution in [-0.2, 0) is 16.1 Å². The summed E-state index contributed by atoms with van der Waals surface area (Å²) in [6.07, 6.45) is 8.49. The maximum Gasteiger partial charge on any atom is 0.364 e. The molecule has 1 atom stereocenters. The molecular weight excluding hydrogens is 270 g/mol. The zero-order chi connectivity index (χ0) is 15.1. The fraction of sp³-hybridized carbons (Fsp3) is 0.357. The predicted molar refractivity (Wildman–Crippen MR) is 73.4 cm³/mol. The molecule has 0 spiro atoms. The number of quaternary nitrogens is 1. The first kappa shape index (κ1) is 15.0. The molecule has 0 aliphatic carbocycles. The van der Waals surface area contributed by atoms with Crippen molar-refractivity contribution in [2.75, 3.05) is 7.11 Å². The van der Waals surface area contributed by atoms with Crippen molar-refractivity contribution in [1.82, 2.24) is 15.1 Å². The highest BCUT2D eigenvalue weighted by Gasteiger charge is 2.18. The van der Waals surface area contributed by atoms with Crippen LogP contribution in [0.2, 0.25) is 0 Å². The number of methoxy groups -OCH3 is 1. The maximum absolute atomic E-state index is 11.2. The van der Waals surface area contributed by atoms with Crippen LogP contribution in [-0.4, -0.2) is 34.2 Å². The molecular formula is C14H19N5O2+2. The molecule has 3 N–H and O–H groups in total. The van der Waals surface area contributed by atoms with Gasteiger partial charge in [-0.2, -0.15) is 0 Å². The van der Waals surface area contributed by atoms with Crippen molar-refractivity contribution in [3.05, 3.63) is 36.9 Å². The summed E-state index contributed by atoms with van der Waals surface area (Å²) in [5, 5.41) is 4.32. The number of carbonyl (C=O) groups excluding carboxylic acids is 1. The normalized spacial score (nSPS) is 11.9. The van der Waals surface area contributed by atoms with Crippen molar-refractivity contribution < 1.29 is 19.9 Å². The molecule has 2 heterocycles. The van der Waals surface area contributed by atoms with Gasteiger partial charge in [0, 0.05) is 36.9 Å². The van der Waals surface area contributed by atoms with Gasteiger partial charge in [0.15, 0.2) is 24.6 Å². The Morgan fingerprint density at radius 2 is 2.19 bits per heavy atom. The van der Waals surface area contributed by atoms with Crippen molar-refractivity contribution in [2.24, 2.45) is 0 Å². The van der Waals surface area contributed by atoms with Gasteiger partial charge in [-0.1, -0.05) is 4.68 Å². The van der Waals surface area contributed by atoms with Crippen LogP contribution in [0.25, 0.3) is 11.4 Å². The topological polar surface area (TPSA) is 96.5 Å². The lowest BCUT2D eigenvalue weighted by Crippen LogP contribution is -2.65. The van der Waals surface area contributed by atoms with Gasteiger partial charge in [-0.3, -0.25) is 0 Å². The van der Waals surface area contributed by atoms with Crippen molar-refractivity contribution >= 4 is 5.97 Å².